The van der Waals surface area contributed by atoms with E-state index in [1.165, 1.54) is 25.7 Å². The minimum absolute atomic E-state index is 0.195. The van der Waals surface area contributed by atoms with Gasteiger partial charge in [0.1, 0.15) is 5.82 Å². The first-order chi connectivity index (χ1) is 10.2. The third-order valence-electron chi connectivity index (χ3n) is 4.25. The van der Waals surface area contributed by atoms with E-state index in [1.807, 2.05) is 19.1 Å². The smallest absolute Gasteiger partial charge is 0.254 e. The summed E-state index contributed by atoms with van der Waals surface area (Å²) in [6.45, 7) is 5.90. The van der Waals surface area contributed by atoms with E-state index < -0.39 is 0 Å². The van der Waals surface area contributed by atoms with Crippen molar-refractivity contribution in [3.63, 3.8) is 0 Å². The Balaban J connectivity index is 1.82. The zero-order chi connectivity index (χ0) is 14.8. The number of nitrogens with zero attached hydrogens (tertiary/aromatic N) is 2. The lowest BCUT2D eigenvalue weighted by Gasteiger charge is -2.23. The molecule has 1 aromatic heterocycles. The average molecular weight is 287 g/mol. The van der Waals surface area contributed by atoms with Crippen LogP contribution in [0.5, 0.6) is 0 Å². The minimum atomic E-state index is 0.195. The van der Waals surface area contributed by atoms with Gasteiger partial charge in [-0.1, -0.05) is 6.92 Å². The van der Waals surface area contributed by atoms with Crippen molar-refractivity contribution in [1.29, 1.82) is 0 Å². The number of rotatable bonds is 7. The number of anilines is 1. The van der Waals surface area contributed by atoms with E-state index in [0.29, 0.717) is 6.04 Å². The largest absolute Gasteiger partial charge is 0.370 e. The number of amides is 1. The van der Waals surface area contributed by atoms with Crippen molar-refractivity contribution in [3.05, 3.63) is 23.4 Å². The Bertz CT molecular complexity index is 521. The number of aryl methyl sites for hydroxylation is 1. The zero-order valence-electron chi connectivity index (χ0n) is 13.1. The first kappa shape index (κ1) is 14.4. The number of nitrogens with one attached hydrogen (secondary N) is 1. The number of carbonyl (C=O) groups excluding carboxylic acids is 1. The molecule has 1 amide bonds. The van der Waals surface area contributed by atoms with Gasteiger partial charge < -0.3 is 10.2 Å². The van der Waals surface area contributed by atoms with Gasteiger partial charge in [0.25, 0.3) is 5.91 Å². The maximum atomic E-state index is 12.9. The molecule has 2 aliphatic carbocycles. The van der Waals surface area contributed by atoms with Crippen molar-refractivity contribution in [2.75, 3.05) is 18.4 Å². The average Bonchev–Trinajstić information content (AvgIpc) is 3.37. The predicted octanol–water partition coefficient (Wildman–Crippen LogP) is 3.09. The van der Waals surface area contributed by atoms with Crippen LogP contribution >= 0.6 is 0 Å². The van der Waals surface area contributed by atoms with Gasteiger partial charge in [0.15, 0.2) is 0 Å². The molecule has 1 N–H and O–H groups in total. The molecule has 0 atom stereocenters. The fraction of sp³-hybridized carbons (Fsp3) is 0.647. The van der Waals surface area contributed by atoms with Crippen LogP contribution in [-0.2, 0) is 6.42 Å². The second kappa shape index (κ2) is 6.04. The molecule has 2 aliphatic rings. The third-order valence-corrected chi connectivity index (χ3v) is 4.25. The van der Waals surface area contributed by atoms with E-state index in [-0.39, 0.29) is 5.91 Å². The number of carbonyl (C=O) groups is 1. The van der Waals surface area contributed by atoms with Crippen LogP contribution in [0.3, 0.4) is 0 Å². The lowest BCUT2D eigenvalue weighted by atomic mass is 10.1. The van der Waals surface area contributed by atoms with Crippen LogP contribution < -0.4 is 5.32 Å². The van der Waals surface area contributed by atoms with E-state index in [9.17, 15) is 4.79 Å². The Morgan fingerprint density at radius 1 is 1.29 bits per heavy atom. The van der Waals surface area contributed by atoms with Gasteiger partial charge >= 0.3 is 0 Å². The van der Waals surface area contributed by atoms with Gasteiger partial charge in [-0.2, -0.15) is 0 Å². The number of aromatic nitrogens is 1. The van der Waals surface area contributed by atoms with Crippen LogP contribution in [0.4, 0.5) is 5.82 Å². The third kappa shape index (κ3) is 3.55. The van der Waals surface area contributed by atoms with Gasteiger partial charge in [0, 0.05) is 30.4 Å². The molecule has 1 aromatic rings. The van der Waals surface area contributed by atoms with Crippen LogP contribution in [0.15, 0.2) is 12.1 Å². The molecule has 2 saturated carbocycles. The summed E-state index contributed by atoms with van der Waals surface area (Å²) in [5, 5.41) is 3.23. The summed E-state index contributed by atoms with van der Waals surface area (Å²) in [6, 6.07) is 4.36. The maximum absolute atomic E-state index is 12.9. The van der Waals surface area contributed by atoms with Crippen molar-refractivity contribution in [2.45, 2.75) is 52.0 Å². The fourth-order valence-electron chi connectivity index (χ4n) is 2.69. The van der Waals surface area contributed by atoms with Gasteiger partial charge in [-0.15, -0.1) is 0 Å². The molecule has 2 fully saturated rings. The SMILES string of the molecule is CCNc1cc(C(=O)N(CC2CC2)C2CC2)cc(CC)n1. The number of hydrogen-bond acceptors (Lipinski definition) is 3. The van der Waals surface area contributed by atoms with Crippen molar-refractivity contribution >= 4 is 11.7 Å². The van der Waals surface area contributed by atoms with Crippen LogP contribution in [0.25, 0.3) is 0 Å². The number of hydrogen-bond donors (Lipinski definition) is 1. The zero-order valence-corrected chi connectivity index (χ0v) is 13.1. The quantitative estimate of drug-likeness (QED) is 0.838. The highest BCUT2D eigenvalue weighted by atomic mass is 16.2. The van der Waals surface area contributed by atoms with E-state index in [0.717, 1.165) is 42.5 Å². The minimum Gasteiger partial charge on any atom is -0.370 e. The summed E-state index contributed by atoms with van der Waals surface area (Å²) in [5.41, 5.74) is 1.78. The lowest BCUT2D eigenvalue weighted by molar-refractivity contribution is 0.0734. The summed E-state index contributed by atoms with van der Waals surface area (Å²) in [5.74, 6) is 1.76. The van der Waals surface area contributed by atoms with E-state index in [1.54, 1.807) is 0 Å². The maximum Gasteiger partial charge on any atom is 0.254 e. The van der Waals surface area contributed by atoms with Gasteiger partial charge in [-0.25, -0.2) is 4.98 Å². The van der Waals surface area contributed by atoms with E-state index in [4.69, 9.17) is 0 Å². The second-order valence-electron chi connectivity index (χ2n) is 6.25. The molecule has 21 heavy (non-hydrogen) atoms. The van der Waals surface area contributed by atoms with Crippen LogP contribution in [0, 0.1) is 5.92 Å². The summed E-state index contributed by atoms with van der Waals surface area (Å²) < 4.78 is 0. The first-order valence-corrected chi connectivity index (χ1v) is 8.27. The normalized spacial score (nSPS) is 17.6. The molecule has 0 unspecified atom stereocenters. The van der Waals surface area contributed by atoms with Crippen molar-refractivity contribution in [2.24, 2.45) is 5.92 Å². The highest BCUT2D eigenvalue weighted by Crippen LogP contribution is 2.35. The van der Waals surface area contributed by atoms with Crippen molar-refractivity contribution in [3.8, 4) is 0 Å². The monoisotopic (exact) mass is 287 g/mol. The predicted molar refractivity (Wildman–Crippen MR) is 84.6 cm³/mol. The Hall–Kier alpha value is -1.58. The summed E-state index contributed by atoms with van der Waals surface area (Å²) in [4.78, 5) is 19.5. The van der Waals surface area contributed by atoms with Crippen molar-refractivity contribution in [1.82, 2.24) is 9.88 Å². The molecule has 0 aliphatic heterocycles. The molecule has 0 spiro atoms. The van der Waals surface area contributed by atoms with E-state index >= 15 is 0 Å². The molecule has 0 aromatic carbocycles. The molecule has 0 radical (unpaired) electrons. The molecule has 114 valence electrons. The van der Waals surface area contributed by atoms with E-state index in [2.05, 4.69) is 22.1 Å². The Labute approximate surface area is 126 Å². The summed E-state index contributed by atoms with van der Waals surface area (Å²) >= 11 is 0. The van der Waals surface area contributed by atoms with Gasteiger partial charge in [0.05, 0.1) is 0 Å². The van der Waals surface area contributed by atoms with Crippen LogP contribution in [-0.4, -0.2) is 34.9 Å². The summed E-state index contributed by atoms with van der Waals surface area (Å²) in [6.07, 6.45) is 5.77. The molecule has 1 heterocycles. The second-order valence-corrected chi connectivity index (χ2v) is 6.25. The van der Waals surface area contributed by atoms with Crippen LogP contribution in [0.1, 0.15) is 55.6 Å². The fourth-order valence-corrected chi connectivity index (χ4v) is 2.69. The molecular formula is C17H25N3O. The molecule has 4 heteroatoms. The highest BCUT2D eigenvalue weighted by Gasteiger charge is 2.37. The Morgan fingerprint density at radius 3 is 2.62 bits per heavy atom. The molecular weight excluding hydrogens is 262 g/mol. The van der Waals surface area contributed by atoms with Crippen LogP contribution in [0.2, 0.25) is 0 Å². The number of pyridine rings is 1. The van der Waals surface area contributed by atoms with Gasteiger partial charge in [0.2, 0.25) is 0 Å². The summed E-state index contributed by atoms with van der Waals surface area (Å²) in [7, 11) is 0. The first-order valence-electron chi connectivity index (χ1n) is 8.27. The molecule has 0 bridgehead atoms. The van der Waals surface area contributed by atoms with Gasteiger partial charge in [-0.3, -0.25) is 4.79 Å². The Morgan fingerprint density at radius 2 is 2.05 bits per heavy atom. The molecule has 3 rings (SSSR count). The lowest BCUT2D eigenvalue weighted by Crippen LogP contribution is -2.35. The molecule has 4 nitrogen and oxygen atoms in total. The van der Waals surface area contributed by atoms with Gasteiger partial charge in [-0.05, 0) is 57.1 Å². The van der Waals surface area contributed by atoms with Crippen molar-refractivity contribution < 1.29 is 4.79 Å². The standard InChI is InChI=1S/C17H25N3O/c1-3-14-9-13(10-16(19-14)18-4-2)17(21)20(15-7-8-15)11-12-5-6-12/h9-10,12,15H,3-8,11H2,1-2H3,(H,18,19). The molecule has 0 saturated heterocycles. The Kier molecular flexibility index (Phi) is 4.13. The highest BCUT2D eigenvalue weighted by molar-refractivity contribution is 5.95. The topological polar surface area (TPSA) is 45.2 Å².